The molecule has 0 aliphatic rings. The second kappa shape index (κ2) is 6.72. The Morgan fingerprint density at radius 1 is 1.00 bits per heavy atom. The van der Waals surface area contributed by atoms with E-state index in [9.17, 15) is 0 Å². The highest BCUT2D eigenvalue weighted by molar-refractivity contribution is 5.26. The number of nitrogens with one attached hydrogen (secondary N) is 1. The highest BCUT2D eigenvalue weighted by atomic mass is 16.5. The van der Waals surface area contributed by atoms with Crippen LogP contribution in [0.15, 0.2) is 42.5 Å². The summed E-state index contributed by atoms with van der Waals surface area (Å²) in [6, 6.07) is 14.1. The Hall–Kier alpha value is -1.87. The van der Waals surface area contributed by atoms with Gasteiger partial charge in [0.1, 0.15) is 12.4 Å². The minimum Gasteiger partial charge on any atom is -0.487 e. The van der Waals surface area contributed by atoms with Crippen molar-refractivity contribution >= 4 is 0 Å². The summed E-state index contributed by atoms with van der Waals surface area (Å²) >= 11 is 0. The summed E-state index contributed by atoms with van der Waals surface area (Å²) in [7, 11) is 0. The van der Waals surface area contributed by atoms with E-state index in [1.54, 1.807) is 0 Å². The summed E-state index contributed by atoms with van der Waals surface area (Å²) in [4.78, 5) is 4.62. The number of ether oxygens (including phenoxy) is 1. The summed E-state index contributed by atoms with van der Waals surface area (Å²) in [5, 5.41) is 3.44. The molecule has 1 aromatic heterocycles. The molecule has 0 aliphatic carbocycles. The fraction of sp³-hybridized carbons (Fsp3) is 0.389. The molecule has 0 aliphatic heterocycles. The van der Waals surface area contributed by atoms with Gasteiger partial charge in [0.2, 0.25) is 0 Å². The van der Waals surface area contributed by atoms with E-state index in [-0.39, 0.29) is 5.54 Å². The van der Waals surface area contributed by atoms with Crippen LogP contribution in [0.1, 0.15) is 37.7 Å². The van der Waals surface area contributed by atoms with Crippen LogP contribution < -0.4 is 10.1 Å². The second-order valence-corrected chi connectivity index (χ2v) is 6.33. The molecule has 0 atom stereocenters. The van der Waals surface area contributed by atoms with Gasteiger partial charge in [-0.05, 0) is 52.0 Å². The quantitative estimate of drug-likeness (QED) is 0.905. The Morgan fingerprint density at radius 3 is 2.33 bits per heavy atom. The molecule has 1 aromatic carbocycles. The van der Waals surface area contributed by atoms with Crippen molar-refractivity contribution in [3.05, 3.63) is 59.4 Å². The predicted octanol–water partition coefficient (Wildman–Crippen LogP) is 3.86. The Bertz CT molecular complexity index is 571. The van der Waals surface area contributed by atoms with E-state index in [1.165, 1.54) is 5.56 Å². The number of hydrogen-bond donors (Lipinski definition) is 1. The Morgan fingerprint density at radius 2 is 1.67 bits per heavy atom. The van der Waals surface area contributed by atoms with Crippen LogP contribution in [0.3, 0.4) is 0 Å². The first-order chi connectivity index (χ1) is 9.92. The largest absolute Gasteiger partial charge is 0.487 e. The Kier molecular flexibility index (Phi) is 4.97. The number of nitrogens with zero attached hydrogens (tertiary/aromatic N) is 1. The van der Waals surface area contributed by atoms with Gasteiger partial charge in [-0.2, -0.15) is 0 Å². The van der Waals surface area contributed by atoms with E-state index >= 15 is 0 Å². The SMILES string of the molecule is Cc1ccc(OCc2cccc(CNC(C)(C)C)n2)cc1. The van der Waals surface area contributed by atoms with Gasteiger partial charge in [0.05, 0.1) is 11.4 Å². The molecule has 0 unspecified atom stereocenters. The minimum atomic E-state index is 0.0933. The summed E-state index contributed by atoms with van der Waals surface area (Å²) in [6.07, 6.45) is 0. The number of hydrogen-bond acceptors (Lipinski definition) is 3. The molecule has 0 saturated carbocycles. The first kappa shape index (κ1) is 15.5. The lowest BCUT2D eigenvalue weighted by atomic mass is 10.1. The summed E-state index contributed by atoms with van der Waals surface area (Å²) in [5.41, 5.74) is 3.31. The zero-order valence-corrected chi connectivity index (χ0v) is 13.3. The van der Waals surface area contributed by atoms with Crippen molar-refractivity contribution in [1.29, 1.82) is 0 Å². The van der Waals surface area contributed by atoms with Crippen LogP contribution in [-0.4, -0.2) is 10.5 Å². The third-order valence-corrected chi connectivity index (χ3v) is 3.07. The number of pyridine rings is 1. The van der Waals surface area contributed by atoms with Crippen molar-refractivity contribution in [2.45, 2.75) is 46.4 Å². The number of aryl methyl sites for hydroxylation is 1. The van der Waals surface area contributed by atoms with Crippen LogP contribution in [0.25, 0.3) is 0 Å². The van der Waals surface area contributed by atoms with E-state index in [4.69, 9.17) is 4.74 Å². The molecule has 1 N–H and O–H groups in total. The molecular formula is C18H24N2O. The van der Waals surface area contributed by atoms with Gasteiger partial charge in [-0.25, -0.2) is 0 Å². The molecule has 0 spiro atoms. The van der Waals surface area contributed by atoms with Crippen LogP contribution in [0.5, 0.6) is 5.75 Å². The van der Waals surface area contributed by atoms with Gasteiger partial charge in [-0.3, -0.25) is 4.98 Å². The van der Waals surface area contributed by atoms with Gasteiger partial charge < -0.3 is 10.1 Å². The van der Waals surface area contributed by atoms with E-state index in [0.717, 1.165) is 23.7 Å². The molecule has 0 saturated heterocycles. The third kappa shape index (κ3) is 5.56. The van der Waals surface area contributed by atoms with Crippen LogP contribution >= 0.6 is 0 Å². The molecule has 0 bridgehead atoms. The number of aromatic nitrogens is 1. The van der Waals surface area contributed by atoms with E-state index in [2.05, 4.69) is 38.0 Å². The van der Waals surface area contributed by atoms with E-state index in [1.807, 2.05) is 42.5 Å². The molecule has 0 radical (unpaired) electrons. The fourth-order valence-electron chi connectivity index (χ4n) is 1.86. The highest BCUT2D eigenvalue weighted by Gasteiger charge is 2.09. The normalized spacial score (nSPS) is 11.4. The molecular weight excluding hydrogens is 260 g/mol. The zero-order valence-electron chi connectivity index (χ0n) is 13.3. The first-order valence-corrected chi connectivity index (χ1v) is 7.32. The lowest BCUT2D eigenvalue weighted by Gasteiger charge is -2.20. The highest BCUT2D eigenvalue weighted by Crippen LogP contribution is 2.13. The summed E-state index contributed by atoms with van der Waals surface area (Å²) < 4.78 is 5.76. The lowest BCUT2D eigenvalue weighted by molar-refractivity contribution is 0.300. The third-order valence-electron chi connectivity index (χ3n) is 3.07. The van der Waals surface area contributed by atoms with E-state index in [0.29, 0.717) is 6.61 Å². The molecule has 2 rings (SSSR count). The van der Waals surface area contributed by atoms with Crippen LogP contribution in [0, 0.1) is 6.92 Å². The molecule has 112 valence electrons. The molecule has 0 fully saturated rings. The molecule has 3 heteroatoms. The van der Waals surface area contributed by atoms with Crippen molar-refractivity contribution < 1.29 is 4.74 Å². The van der Waals surface area contributed by atoms with Gasteiger partial charge in [0.15, 0.2) is 0 Å². The van der Waals surface area contributed by atoms with Crippen molar-refractivity contribution in [3.8, 4) is 5.75 Å². The Labute approximate surface area is 127 Å². The second-order valence-electron chi connectivity index (χ2n) is 6.33. The zero-order chi connectivity index (χ0) is 15.3. The van der Waals surface area contributed by atoms with Crippen molar-refractivity contribution in [2.75, 3.05) is 0 Å². The van der Waals surface area contributed by atoms with Gasteiger partial charge in [0.25, 0.3) is 0 Å². The first-order valence-electron chi connectivity index (χ1n) is 7.32. The summed E-state index contributed by atoms with van der Waals surface area (Å²) in [5.74, 6) is 0.876. The topological polar surface area (TPSA) is 34.1 Å². The maximum absolute atomic E-state index is 5.76. The molecule has 1 heterocycles. The molecule has 2 aromatic rings. The lowest BCUT2D eigenvalue weighted by Crippen LogP contribution is -2.35. The summed E-state index contributed by atoms with van der Waals surface area (Å²) in [6.45, 7) is 9.78. The van der Waals surface area contributed by atoms with Gasteiger partial charge >= 0.3 is 0 Å². The van der Waals surface area contributed by atoms with Crippen molar-refractivity contribution in [2.24, 2.45) is 0 Å². The van der Waals surface area contributed by atoms with Crippen LogP contribution in [0.2, 0.25) is 0 Å². The monoisotopic (exact) mass is 284 g/mol. The average molecular weight is 284 g/mol. The van der Waals surface area contributed by atoms with Crippen LogP contribution in [0.4, 0.5) is 0 Å². The van der Waals surface area contributed by atoms with Gasteiger partial charge in [0, 0.05) is 12.1 Å². The van der Waals surface area contributed by atoms with Crippen molar-refractivity contribution in [1.82, 2.24) is 10.3 Å². The smallest absolute Gasteiger partial charge is 0.130 e. The predicted molar refractivity (Wildman–Crippen MR) is 86.3 cm³/mol. The molecule has 3 nitrogen and oxygen atoms in total. The minimum absolute atomic E-state index is 0.0933. The molecule has 0 amide bonds. The van der Waals surface area contributed by atoms with Gasteiger partial charge in [-0.15, -0.1) is 0 Å². The van der Waals surface area contributed by atoms with E-state index < -0.39 is 0 Å². The Balaban J connectivity index is 1.93. The number of rotatable bonds is 5. The average Bonchev–Trinajstić information content (AvgIpc) is 2.44. The van der Waals surface area contributed by atoms with Crippen molar-refractivity contribution in [3.63, 3.8) is 0 Å². The maximum Gasteiger partial charge on any atom is 0.130 e. The maximum atomic E-state index is 5.76. The standard InChI is InChI=1S/C18H24N2O/c1-14-8-10-17(11-9-14)21-13-16-7-5-6-15(20-16)12-19-18(2,3)4/h5-11,19H,12-13H2,1-4H3. The number of benzene rings is 1. The fourth-order valence-corrected chi connectivity index (χ4v) is 1.86. The van der Waals surface area contributed by atoms with Gasteiger partial charge in [-0.1, -0.05) is 23.8 Å². The molecule has 21 heavy (non-hydrogen) atoms. The van der Waals surface area contributed by atoms with Crippen LogP contribution in [-0.2, 0) is 13.2 Å².